The van der Waals surface area contributed by atoms with E-state index in [4.69, 9.17) is 0 Å². The highest BCUT2D eigenvalue weighted by molar-refractivity contribution is 6.05. The second-order valence-electron chi connectivity index (χ2n) is 18.0. The van der Waals surface area contributed by atoms with Crippen molar-refractivity contribution in [2.75, 3.05) is 4.90 Å². The molecule has 0 aromatic heterocycles. The third-order valence-electron chi connectivity index (χ3n) is 14.3. The molecule has 0 saturated heterocycles. The average molecular weight is 806 g/mol. The Morgan fingerprint density at radius 3 is 1.84 bits per heavy atom. The first-order chi connectivity index (χ1) is 31.0. The van der Waals surface area contributed by atoms with Crippen molar-refractivity contribution in [3.05, 3.63) is 258 Å². The quantitative estimate of drug-likeness (QED) is 0.155. The minimum Gasteiger partial charge on any atom is -0.310 e. The fourth-order valence-corrected chi connectivity index (χ4v) is 11.4. The van der Waals surface area contributed by atoms with E-state index in [2.05, 4.69) is 249 Å². The molecular formula is C62H47N. The molecule has 9 aromatic rings. The number of hydrogen-bond acceptors (Lipinski definition) is 1. The fraction of sp³-hybridized carbons (Fsp3) is 0.0968. The number of allylic oxidation sites excluding steroid dienone is 4. The van der Waals surface area contributed by atoms with Crippen LogP contribution in [0, 0.1) is 5.92 Å². The molecule has 0 fully saturated rings. The zero-order chi connectivity index (χ0) is 42.1. The molecule has 3 aliphatic carbocycles. The summed E-state index contributed by atoms with van der Waals surface area (Å²) in [5, 5.41) is 2.46. The molecule has 1 nitrogen and oxygen atoms in total. The molecule has 3 aliphatic rings. The van der Waals surface area contributed by atoms with Crippen LogP contribution >= 0.6 is 0 Å². The summed E-state index contributed by atoms with van der Waals surface area (Å²) in [5.74, 6) is 0.282. The Morgan fingerprint density at radius 1 is 0.444 bits per heavy atom. The van der Waals surface area contributed by atoms with Gasteiger partial charge in [0.05, 0.1) is 11.1 Å². The lowest BCUT2D eigenvalue weighted by atomic mass is 9.62. The first-order valence-corrected chi connectivity index (χ1v) is 22.4. The predicted molar refractivity (Wildman–Crippen MR) is 265 cm³/mol. The summed E-state index contributed by atoms with van der Waals surface area (Å²) in [6.45, 7) is 4.74. The lowest BCUT2D eigenvalue weighted by Gasteiger charge is -2.39. The third kappa shape index (κ3) is 5.69. The summed E-state index contributed by atoms with van der Waals surface area (Å²) in [6, 6.07) is 77.2. The van der Waals surface area contributed by atoms with E-state index in [0.29, 0.717) is 0 Å². The number of hydrogen-bond donors (Lipinski definition) is 0. The van der Waals surface area contributed by atoms with E-state index in [0.717, 1.165) is 23.5 Å². The number of nitrogens with zero attached hydrogens (tertiary/aromatic N) is 1. The summed E-state index contributed by atoms with van der Waals surface area (Å²) in [6.07, 6.45) is 10.2. The number of fused-ring (bicyclic) bond motifs is 7. The van der Waals surface area contributed by atoms with Crippen molar-refractivity contribution in [1.82, 2.24) is 0 Å². The summed E-state index contributed by atoms with van der Waals surface area (Å²) in [5.41, 5.74) is 20.0. The van der Waals surface area contributed by atoms with E-state index < -0.39 is 0 Å². The van der Waals surface area contributed by atoms with Gasteiger partial charge in [0.25, 0.3) is 0 Å². The van der Waals surface area contributed by atoms with Gasteiger partial charge in [-0.25, -0.2) is 0 Å². The molecule has 0 bridgehead atoms. The minimum atomic E-state index is -0.313. The summed E-state index contributed by atoms with van der Waals surface area (Å²) in [4.78, 5) is 2.49. The molecule has 63 heavy (non-hydrogen) atoms. The standard InChI is InChI=1S/C62H47N/c1-61(2)55-28-16-14-26-51(55)53-38-36-49(41-57(53)61)63(59-39-33-43-18-12-13-25-50(43)60(59)44-19-6-3-7-20-44)48-34-30-42(31-35-48)45-32-37-54-52-27-15-17-29-56(52)62(58(54)40-45,46-21-8-4-9-22-46)47-23-10-5-11-24-47/h3-23,25-41,47H,24H2,1-2H3. The predicted octanol–water partition coefficient (Wildman–Crippen LogP) is 16.4. The molecule has 9 aromatic carbocycles. The van der Waals surface area contributed by atoms with E-state index in [1.807, 2.05) is 0 Å². The summed E-state index contributed by atoms with van der Waals surface area (Å²) >= 11 is 0. The molecule has 300 valence electrons. The van der Waals surface area contributed by atoms with Crippen molar-refractivity contribution in [2.45, 2.75) is 31.1 Å². The topological polar surface area (TPSA) is 3.24 Å². The Bertz CT molecular complexity index is 3280. The molecule has 1 heteroatoms. The Balaban J connectivity index is 1.03. The van der Waals surface area contributed by atoms with E-state index in [1.165, 1.54) is 83.1 Å². The van der Waals surface area contributed by atoms with Crippen LogP contribution in [0.3, 0.4) is 0 Å². The highest BCUT2D eigenvalue weighted by atomic mass is 15.1. The van der Waals surface area contributed by atoms with E-state index in [1.54, 1.807) is 0 Å². The van der Waals surface area contributed by atoms with Crippen molar-refractivity contribution < 1.29 is 0 Å². The smallest absolute Gasteiger partial charge is 0.0546 e. The van der Waals surface area contributed by atoms with Crippen LogP contribution in [0.15, 0.2) is 231 Å². The zero-order valence-corrected chi connectivity index (χ0v) is 35.7. The number of anilines is 3. The van der Waals surface area contributed by atoms with Crippen LogP contribution in [0.4, 0.5) is 17.1 Å². The van der Waals surface area contributed by atoms with Gasteiger partial charge in [-0.15, -0.1) is 0 Å². The molecule has 0 radical (unpaired) electrons. The summed E-state index contributed by atoms with van der Waals surface area (Å²) in [7, 11) is 0. The molecule has 0 N–H and O–H groups in total. The monoisotopic (exact) mass is 805 g/mol. The molecule has 0 aliphatic heterocycles. The zero-order valence-electron chi connectivity index (χ0n) is 35.7. The fourth-order valence-electron chi connectivity index (χ4n) is 11.4. The maximum Gasteiger partial charge on any atom is 0.0546 e. The Labute approximate surface area is 371 Å². The molecule has 2 atom stereocenters. The van der Waals surface area contributed by atoms with Crippen molar-refractivity contribution in [3.63, 3.8) is 0 Å². The van der Waals surface area contributed by atoms with Crippen LogP contribution in [-0.4, -0.2) is 0 Å². The Kier molecular flexibility index (Phi) is 8.63. The molecule has 0 saturated carbocycles. The van der Waals surface area contributed by atoms with Gasteiger partial charge in [-0.05, 0) is 126 Å². The van der Waals surface area contributed by atoms with Crippen molar-refractivity contribution in [2.24, 2.45) is 5.92 Å². The van der Waals surface area contributed by atoms with E-state index >= 15 is 0 Å². The Hall–Kier alpha value is -7.48. The van der Waals surface area contributed by atoms with Crippen LogP contribution in [0.1, 0.15) is 48.1 Å². The highest BCUT2D eigenvalue weighted by Crippen LogP contribution is 2.59. The van der Waals surface area contributed by atoms with Crippen molar-refractivity contribution in [1.29, 1.82) is 0 Å². The Morgan fingerprint density at radius 2 is 1.06 bits per heavy atom. The first kappa shape index (κ1) is 37.3. The molecular weight excluding hydrogens is 759 g/mol. The van der Waals surface area contributed by atoms with Crippen molar-refractivity contribution >= 4 is 27.8 Å². The maximum absolute atomic E-state index is 2.50. The average Bonchev–Trinajstić information content (AvgIpc) is 3.77. The van der Waals surface area contributed by atoms with Gasteiger partial charge in [-0.1, -0.05) is 208 Å². The second kappa shape index (κ2) is 14.6. The van der Waals surface area contributed by atoms with Crippen LogP contribution in [0.2, 0.25) is 0 Å². The lowest BCUT2D eigenvalue weighted by Crippen LogP contribution is -2.35. The number of rotatable bonds is 7. The van der Waals surface area contributed by atoms with Gasteiger partial charge in [-0.3, -0.25) is 0 Å². The minimum absolute atomic E-state index is 0.130. The normalized spacial score (nSPS) is 17.5. The maximum atomic E-state index is 2.50. The van der Waals surface area contributed by atoms with Gasteiger partial charge >= 0.3 is 0 Å². The molecule has 2 unspecified atom stereocenters. The number of benzene rings is 9. The van der Waals surface area contributed by atoms with Crippen LogP contribution in [0.25, 0.3) is 55.3 Å². The van der Waals surface area contributed by atoms with Gasteiger partial charge in [-0.2, -0.15) is 0 Å². The van der Waals surface area contributed by atoms with E-state index in [-0.39, 0.29) is 16.7 Å². The highest BCUT2D eigenvalue weighted by Gasteiger charge is 2.49. The van der Waals surface area contributed by atoms with Crippen LogP contribution in [0.5, 0.6) is 0 Å². The summed E-state index contributed by atoms with van der Waals surface area (Å²) < 4.78 is 0. The largest absolute Gasteiger partial charge is 0.310 e. The van der Waals surface area contributed by atoms with Gasteiger partial charge in [0, 0.05) is 22.4 Å². The van der Waals surface area contributed by atoms with Crippen LogP contribution < -0.4 is 4.90 Å². The third-order valence-corrected chi connectivity index (χ3v) is 14.3. The van der Waals surface area contributed by atoms with Gasteiger partial charge in [0.15, 0.2) is 0 Å². The van der Waals surface area contributed by atoms with Gasteiger partial charge < -0.3 is 4.90 Å². The molecule has 12 rings (SSSR count). The second-order valence-corrected chi connectivity index (χ2v) is 18.0. The lowest BCUT2D eigenvalue weighted by molar-refractivity contribution is 0.457. The molecule has 0 amide bonds. The van der Waals surface area contributed by atoms with E-state index in [9.17, 15) is 0 Å². The van der Waals surface area contributed by atoms with Gasteiger partial charge in [0.1, 0.15) is 0 Å². The van der Waals surface area contributed by atoms with Gasteiger partial charge in [0.2, 0.25) is 0 Å². The molecule has 0 spiro atoms. The van der Waals surface area contributed by atoms with Crippen LogP contribution in [-0.2, 0) is 10.8 Å². The SMILES string of the molecule is CC1(C)c2ccccc2-c2ccc(N(c3ccc(-c4ccc5c(c4)C(c4ccccc4)(C4C=CC=CC4)c4ccccc4-5)cc3)c3ccc4ccccc4c3-c3ccccc3)cc21. The van der Waals surface area contributed by atoms with Crippen molar-refractivity contribution in [3.8, 4) is 44.5 Å². The molecule has 0 heterocycles. The first-order valence-electron chi connectivity index (χ1n) is 22.4.